The lowest BCUT2D eigenvalue weighted by Gasteiger charge is -2.15. The molecule has 26 heavy (non-hydrogen) atoms. The van der Waals surface area contributed by atoms with E-state index in [0.717, 1.165) is 17.3 Å². The van der Waals surface area contributed by atoms with Crippen LogP contribution in [0.25, 0.3) is 5.53 Å². The first-order chi connectivity index (χ1) is 12.6. The molecule has 1 amide bonds. The van der Waals surface area contributed by atoms with E-state index in [0.29, 0.717) is 5.75 Å². The van der Waals surface area contributed by atoms with Crippen molar-refractivity contribution in [3.05, 3.63) is 71.3 Å². The Morgan fingerprint density at radius 3 is 2.42 bits per heavy atom. The summed E-state index contributed by atoms with van der Waals surface area (Å²) in [7, 11) is 1.55. The molecule has 7 nitrogen and oxygen atoms in total. The van der Waals surface area contributed by atoms with Crippen LogP contribution in [0.15, 0.2) is 54.6 Å². The Balaban J connectivity index is 2.00. The number of methoxy groups -OCH3 is 1. The number of Topliss-reactive ketones (excluding diaryl/α,β-unsaturated/α-hetero) is 1. The van der Waals surface area contributed by atoms with Crippen molar-refractivity contribution in [2.75, 3.05) is 7.11 Å². The first kappa shape index (κ1) is 18.9. The molecule has 1 atom stereocenters. The maximum absolute atomic E-state index is 12.0. The number of nitrogens with zero attached hydrogens (tertiary/aromatic N) is 2. The van der Waals surface area contributed by atoms with E-state index in [2.05, 4.69) is 10.1 Å². The molecule has 0 aromatic heterocycles. The highest BCUT2D eigenvalue weighted by molar-refractivity contribution is 6.27. The predicted molar refractivity (Wildman–Crippen MR) is 94.9 cm³/mol. The molecular weight excluding hydrogens is 334 g/mol. The van der Waals surface area contributed by atoms with Crippen molar-refractivity contribution in [3.63, 3.8) is 0 Å². The molecule has 0 spiro atoms. The summed E-state index contributed by atoms with van der Waals surface area (Å²) in [5.41, 5.74) is 10.3. The minimum Gasteiger partial charge on any atom is -0.497 e. The highest BCUT2D eigenvalue weighted by Gasteiger charge is 2.25. The van der Waals surface area contributed by atoms with Gasteiger partial charge in [0.15, 0.2) is 6.10 Å². The molecule has 0 fully saturated rings. The van der Waals surface area contributed by atoms with Gasteiger partial charge in [-0.2, -0.15) is 4.79 Å². The lowest BCUT2D eigenvalue weighted by molar-refractivity contribution is -0.123. The fraction of sp³-hybridized carbons (Fsp3) is 0.211. The molecule has 2 aromatic rings. The van der Waals surface area contributed by atoms with Gasteiger partial charge >= 0.3 is 12.3 Å². The van der Waals surface area contributed by atoms with Gasteiger partial charge in [0.05, 0.1) is 7.11 Å². The van der Waals surface area contributed by atoms with Crippen molar-refractivity contribution < 1.29 is 23.9 Å². The molecule has 0 heterocycles. The predicted octanol–water partition coefficient (Wildman–Crippen LogP) is 2.40. The highest BCUT2D eigenvalue weighted by atomic mass is 16.6. The van der Waals surface area contributed by atoms with Crippen LogP contribution < -0.4 is 10.1 Å². The second-order valence-corrected chi connectivity index (χ2v) is 5.43. The van der Waals surface area contributed by atoms with Crippen LogP contribution in [0.4, 0.5) is 4.79 Å². The second-order valence-electron chi connectivity index (χ2n) is 5.43. The SMILES string of the molecule is COc1ccc(CC(OC(=O)NCc2ccccc2)C(=O)C=[N+]=[N-])cc1. The van der Waals surface area contributed by atoms with E-state index < -0.39 is 18.0 Å². The van der Waals surface area contributed by atoms with Gasteiger partial charge in [0.25, 0.3) is 5.78 Å². The monoisotopic (exact) mass is 353 g/mol. The summed E-state index contributed by atoms with van der Waals surface area (Å²) in [6.45, 7) is 0.275. The average molecular weight is 353 g/mol. The van der Waals surface area contributed by atoms with E-state index in [1.807, 2.05) is 30.3 Å². The Labute approximate surface area is 151 Å². The summed E-state index contributed by atoms with van der Waals surface area (Å²) in [4.78, 5) is 26.8. The second kappa shape index (κ2) is 9.76. The highest BCUT2D eigenvalue weighted by Crippen LogP contribution is 2.14. The van der Waals surface area contributed by atoms with Gasteiger partial charge < -0.3 is 20.3 Å². The van der Waals surface area contributed by atoms with Gasteiger partial charge in [-0.15, -0.1) is 0 Å². The Morgan fingerprint density at radius 2 is 1.81 bits per heavy atom. The fourth-order valence-corrected chi connectivity index (χ4v) is 2.26. The molecule has 7 heteroatoms. The maximum Gasteiger partial charge on any atom is 0.408 e. The van der Waals surface area contributed by atoms with Crippen LogP contribution in [0.2, 0.25) is 0 Å². The van der Waals surface area contributed by atoms with E-state index in [9.17, 15) is 9.59 Å². The summed E-state index contributed by atoms with van der Waals surface area (Å²) in [5, 5.41) is 2.59. The number of alkyl carbamates (subject to hydrolysis) is 1. The molecule has 1 N–H and O–H groups in total. The van der Waals surface area contributed by atoms with Crippen LogP contribution in [0, 0.1) is 0 Å². The molecule has 0 saturated heterocycles. The lowest BCUT2D eigenvalue weighted by Crippen LogP contribution is -2.35. The zero-order chi connectivity index (χ0) is 18.8. The number of ketones is 1. The van der Waals surface area contributed by atoms with Gasteiger partial charge in [-0.1, -0.05) is 42.5 Å². The molecule has 0 radical (unpaired) electrons. The van der Waals surface area contributed by atoms with E-state index in [1.54, 1.807) is 31.4 Å². The number of carbonyl (C=O) groups excluding carboxylic acids is 2. The van der Waals surface area contributed by atoms with E-state index >= 15 is 0 Å². The van der Waals surface area contributed by atoms with Gasteiger partial charge in [0, 0.05) is 13.0 Å². The van der Waals surface area contributed by atoms with E-state index in [4.69, 9.17) is 15.0 Å². The first-order valence-corrected chi connectivity index (χ1v) is 7.95. The minimum absolute atomic E-state index is 0.146. The van der Waals surface area contributed by atoms with Crippen molar-refractivity contribution in [1.82, 2.24) is 5.32 Å². The third kappa shape index (κ3) is 5.89. The molecule has 1 unspecified atom stereocenters. The molecule has 2 rings (SSSR count). The van der Waals surface area contributed by atoms with Gasteiger partial charge in [-0.25, -0.2) is 4.79 Å². The number of nitrogens with one attached hydrogen (secondary N) is 1. The number of hydrogen-bond acceptors (Lipinski definition) is 4. The molecular formula is C19H19N3O4. The molecule has 0 bridgehead atoms. The van der Waals surface area contributed by atoms with Crippen LogP contribution in [-0.2, 0) is 22.5 Å². The quantitative estimate of drug-likeness (QED) is 0.447. The number of carbonyl (C=O) groups is 2. The van der Waals surface area contributed by atoms with Crippen LogP contribution in [0.3, 0.4) is 0 Å². The van der Waals surface area contributed by atoms with Gasteiger partial charge in [0.2, 0.25) is 0 Å². The standard InChI is InChI=1S/C19H19N3O4/c1-25-16-9-7-14(8-10-16)11-18(17(23)13-22-20)26-19(24)21-12-15-5-3-2-4-6-15/h2-10,13,18H,11-12H2,1H3,(H,21,24). The number of hydrogen-bond donors (Lipinski definition) is 1. The van der Waals surface area contributed by atoms with E-state index in [-0.39, 0.29) is 13.0 Å². The number of benzene rings is 2. The molecule has 0 saturated carbocycles. The molecule has 0 aliphatic heterocycles. The maximum atomic E-state index is 12.0. The molecule has 134 valence electrons. The zero-order valence-corrected chi connectivity index (χ0v) is 14.3. The van der Waals surface area contributed by atoms with Gasteiger partial charge in [-0.3, -0.25) is 4.79 Å². The molecule has 2 aromatic carbocycles. The van der Waals surface area contributed by atoms with Crippen molar-refractivity contribution in [1.29, 1.82) is 0 Å². The van der Waals surface area contributed by atoms with Gasteiger partial charge in [-0.05, 0) is 23.3 Å². The third-order valence-corrected chi connectivity index (χ3v) is 3.61. The lowest BCUT2D eigenvalue weighted by atomic mass is 10.1. The normalized spacial score (nSPS) is 11.0. The van der Waals surface area contributed by atoms with E-state index in [1.165, 1.54) is 0 Å². The summed E-state index contributed by atoms with van der Waals surface area (Å²) in [5.74, 6) is 0.0632. The van der Waals surface area contributed by atoms with Crippen molar-refractivity contribution >= 4 is 18.1 Å². The average Bonchev–Trinajstić information content (AvgIpc) is 2.67. The minimum atomic E-state index is -1.10. The summed E-state index contributed by atoms with van der Waals surface area (Å²) in [6, 6.07) is 16.3. The summed E-state index contributed by atoms with van der Waals surface area (Å²) < 4.78 is 10.3. The van der Waals surface area contributed by atoms with Crippen LogP contribution in [0.1, 0.15) is 11.1 Å². The van der Waals surface area contributed by atoms with Crippen molar-refractivity contribution in [2.45, 2.75) is 19.1 Å². The first-order valence-electron chi connectivity index (χ1n) is 7.95. The number of rotatable bonds is 8. The Kier molecular flexibility index (Phi) is 7.09. The Bertz CT molecular complexity index is 784. The molecule has 0 aliphatic carbocycles. The molecule has 0 aliphatic rings. The number of amides is 1. The Hall–Kier alpha value is -3.44. The third-order valence-electron chi connectivity index (χ3n) is 3.61. The fourth-order valence-electron chi connectivity index (χ4n) is 2.26. The van der Waals surface area contributed by atoms with Crippen LogP contribution in [0.5, 0.6) is 5.75 Å². The summed E-state index contributed by atoms with van der Waals surface area (Å²) in [6.07, 6.45) is -0.964. The van der Waals surface area contributed by atoms with Crippen molar-refractivity contribution in [2.24, 2.45) is 0 Å². The van der Waals surface area contributed by atoms with Gasteiger partial charge in [0.1, 0.15) is 5.75 Å². The zero-order valence-electron chi connectivity index (χ0n) is 14.3. The Morgan fingerprint density at radius 1 is 1.12 bits per heavy atom. The topological polar surface area (TPSA) is 101 Å². The number of ether oxygens (including phenoxy) is 2. The largest absolute Gasteiger partial charge is 0.497 e. The van der Waals surface area contributed by atoms with Crippen LogP contribution in [-0.4, -0.2) is 36.1 Å². The summed E-state index contributed by atoms with van der Waals surface area (Å²) >= 11 is 0. The van der Waals surface area contributed by atoms with Crippen LogP contribution >= 0.6 is 0 Å². The smallest absolute Gasteiger partial charge is 0.408 e. The van der Waals surface area contributed by atoms with Crippen molar-refractivity contribution in [3.8, 4) is 5.75 Å².